The van der Waals surface area contributed by atoms with E-state index in [0.29, 0.717) is 5.69 Å². The van der Waals surface area contributed by atoms with Crippen molar-refractivity contribution in [3.63, 3.8) is 0 Å². The SMILES string of the molecule is Nc1cc(F)cc(SCCc2ccc3c(c2)CCO3)c1. The molecule has 1 aliphatic heterocycles. The Balaban J connectivity index is 1.59. The molecule has 0 saturated carbocycles. The molecule has 0 radical (unpaired) electrons. The quantitative estimate of drug-likeness (QED) is 0.689. The highest BCUT2D eigenvalue weighted by atomic mass is 32.2. The molecule has 0 unspecified atom stereocenters. The highest BCUT2D eigenvalue weighted by molar-refractivity contribution is 7.99. The van der Waals surface area contributed by atoms with Crippen molar-refractivity contribution in [1.29, 1.82) is 0 Å². The van der Waals surface area contributed by atoms with Gasteiger partial charge in [-0.15, -0.1) is 11.8 Å². The van der Waals surface area contributed by atoms with Crippen LogP contribution in [0.2, 0.25) is 0 Å². The lowest BCUT2D eigenvalue weighted by Crippen LogP contribution is -1.91. The van der Waals surface area contributed by atoms with Gasteiger partial charge in [-0.1, -0.05) is 12.1 Å². The normalized spacial score (nSPS) is 13.1. The number of halogens is 1. The van der Waals surface area contributed by atoms with Crippen molar-refractivity contribution < 1.29 is 9.13 Å². The van der Waals surface area contributed by atoms with Gasteiger partial charge in [-0.05, 0) is 41.8 Å². The van der Waals surface area contributed by atoms with Gasteiger partial charge in [0.2, 0.25) is 0 Å². The van der Waals surface area contributed by atoms with Gasteiger partial charge >= 0.3 is 0 Å². The lowest BCUT2D eigenvalue weighted by Gasteiger charge is -2.05. The first kappa shape index (κ1) is 13.3. The molecule has 0 saturated heterocycles. The summed E-state index contributed by atoms with van der Waals surface area (Å²) in [6.07, 6.45) is 1.95. The Morgan fingerprint density at radius 3 is 2.95 bits per heavy atom. The van der Waals surface area contributed by atoms with E-state index in [4.69, 9.17) is 10.5 Å². The molecule has 2 N–H and O–H groups in total. The summed E-state index contributed by atoms with van der Waals surface area (Å²) in [7, 11) is 0. The first-order valence-electron chi connectivity index (χ1n) is 6.64. The molecule has 0 bridgehead atoms. The van der Waals surface area contributed by atoms with Gasteiger partial charge in [0, 0.05) is 22.8 Å². The summed E-state index contributed by atoms with van der Waals surface area (Å²) in [6, 6.07) is 11.0. The molecule has 104 valence electrons. The third-order valence-electron chi connectivity index (χ3n) is 3.31. The zero-order chi connectivity index (χ0) is 13.9. The fraction of sp³-hybridized carbons (Fsp3) is 0.250. The number of nitrogens with two attached hydrogens (primary N) is 1. The Bertz CT molecular complexity index is 610. The first-order chi connectivity index (χ1) is 9.70. The number of ether oxygens (including phenoxy) is 1. The predicted octanol–water partition coefficient (Wildman–Crippen LogP) is 3.68. The maximum atomic E-state index is 13.2. The van der Waals surface area contributed by atoms with E-state index in [1.807, 2.05) is 12.1 Å². The van der Waals surface area contributed by atoms with E-state index >= 15 is 0 Å². The number of benzene rings is 2. The van der Waals surface area contributed by atoms with E-state index in [-0.39, 0.29) is 5.82 Å². The van der Waals surface area contributed by atoms with Crippen molar-refractivity contribution in [2.75, 3.05) is 18.1 Å². The molecular weight excluding hydrogens is 273 g/mol. The van der Waals surface area contributed by atoms with Crippen molar-refractivity contribution in [2.24, 2.45) is 0 Å². The zero-order valence-corrected chi connectivity index (χ0v) is 11.9. The topological polar surface area (TPSA) is 35.2 Å². The first-order valence-corrected chi connectivity index (χ1v) is 7.63. The van der Waals surface area contributed by atoms with Crippen LogP contribution in [-0.2, 0) is 12.8 Å². The number of aryl methyl sites for hydroxylation is 1. The van der Waals surface area contributed by atoms with Crippen molar-refractivity contribution in [3.05, 3.63) is 53.3 Å². The molecule has 20 heavy (non-hydrogen) atoms. The van der Waals surface area contributed by atoms with Gasteiger partial charge in [-0.2, -0.15) is 0 Å². The number of fused-ring (bicyclic) bond motifs is 1. The molecular formula is C16H16FNOS. The van der Waals surface area contributed by atoms with Gasteiger partial charge in [0.15, 0.2) is 0 Å². The van der Waals surface area contributed by atoms with Crippen LogP contribution in [0, 0.1) is 5.82 Å². The van der Waals surface area contributed by atoms with Crippen LogP contribution in [0.15, 0.2) is 41.3 Å². The summed E-state index contributed by atoms with van der Waals surface area (Å²) >= 11 is 1.63. The Kier molecular flexibility index (Phi) is 3.83. The van der Waals surface area contributed by atoms with Gasteiger partial charge in [-0.3, -0.25) is 0 Å². The largest absolute Gasteiger partial charge is 0.493 e. The Labute approximate surface area is 122 Å². The molecule has 0 amide bonds. The van der Waals surface area contributed by atoms with Gasteiger partial charge in [0.25, 0.3) is 0 Å². The molecule has 0 aliphatic carbocycles. The average Bonchev–Trinajstić information content (AvgIpc) is 2.85. The van der Waals surface area contributed by atoms with E-state index in [1.165, 1.54) is 23.3 Å². The zero-order valence-electron chi connectivity index (χ0n) is 11.1. The van der Waals surface area contributed by atoms with Crippen LogP contribution >= 0.6 is 11.8 Å². The minimum absolute atomic E-state index is 0.276. The van der Waals surface area contributed by atoms with E-state index in [2.05, 4.69) is 12.1 Å². The average molecular weight is 289 g/mol. The van der Waals surface area contributed by atoms with E-state index in [1.54, 1.807) is 11.8 Å². The summed E-state index contributed by atoms with van der Waals surface area (Å²) in [4.78, 5) is 0.881. The molecule has 0 spiro atoms. The van der Waals surface area contributed by atoms with Crippen molar-refractivity contribution in [1.82, 2.24) is 0 Å². The minimum atomic E-state index is -0.276. The lowest BCUT2D eigenvalue weighted by atomic mass is 10.1. The Morgan fingerprint density at radius 2 is 2.10 bits per heavy atom. The highest BCUT2D eigenvalue weighted by Gasteiger charge is 2.11. The summed E-state index contributed by atoms with van der Waals surface area (Å²) in [5.41, 5.74) is 8.70. The molecule has 0 atom stereocenters. The summed E-state index contributed by atoms with van der Waals surface area (Å²) in [5.74, 6) is 1.64. The molecule has 2 aromatic rings. The second-order valence-corrected chi connectivity index (χ2v) is 6.03. The number of hydrogen-bond donors (Lipinski definition) is 1. The second kappa shape index (κ2) is 5.75. The fourth-order valence-corrected chi connectivity index (χ4v) is 3.34. The smallest absolute Gasteiger partial charge is 0.126 e. The second-order valence-electron chi connectivity index (χ2n) is 4.86. The van der Waals surface area contributed by atoms with Crippen LogP contribution in [0.3, 0.4) is 0 Å². The van der Waals surface area contributed by atoms with E-state index in [9.17, 15) is 4.39 Å². The Morgan fingerprint density at radius 1 is 1.20 bits per heavy atom. The number of nitrogen functional groups attached to an aromatic ring is 1. The molecule has 2 aromatic carbocycles. The third kappa shape index (κ3) is 3.07. The molecule has 0 fully saturated rings. The van der Waals surface area contributed by atoms with Crippen LogP contribution in [-0.4, -0.2) is 12.4 Å². The van der Waals surface area contributed by atoms with Crippen LogP contribution in [0.5, 0.6) is 5.75 Å². The van der Waals surface area contributed by atoms with Crippen molar-refractivity contribution in [2.45, 2.75) is 17.7 Å². The minimum Gasteiger partial charge on any atom is -0.493 e. The summed E-state index contributed by atoms with van der Waals surface area (Å²) in [5, 5.41) is 0. The van der Waals surface area contributed by atoms with Gasteiger partial charge in [0.05, 0.1) is 6.61 Å². The van der Waals surface area contributed by atoms with Gasteiger partial charge < -0.3 is 10.5 Å². The summed E-state index contributed by atoms with van der Waals surface area (Å²) in [6.45, 7) is 0.788. The van der Waals surface area contributed by atoms with E-state index < -0.39 is 0 Å². The Hall–Kier alpha value is -1.68. The molecule has 4 heteroatoms. The number of thioether (sulfide) groups is 1. The maximum absolute atomic E-state index is 13.2. The molecule has 2 nitrogen and oxygen atoms in total. The molecule has 0 aromatic heterocycles. The van der Waals surface area contributed by atoms with E-state index in [0.717, 1.165) is 35.8 Å². The maximum Gasteiger partial charge on any atom is 0.126 e. The number of rotatable bonds is 4. The lowest BCUT2D eigenvalue weighted by molar-refractivity contribution is 0.357. The van der Waals surface area contributed by atoms with Crippen LogP contribution in [0.1, 0.15) is 11.1 Å². The highest BCUT2D eigenvalue weighted by Crippen LogP contribution is 2.27. The van der Waals surface area contributed by atoms with Gasteiger partial charge in [-0.25, -0.2) is 4.39 Å². The predicted molar refractivity (Wildman–Crippen MR) is 80.9 cm³/mol. The molecule has 3 rings (SSSR count). The number of anilines is 1. The van der Waals surface area contributed by atoms with Crippen LogP contribution < -0.4 is 10.5 Å². The van der Waals surface area contributed by atoms with Crippen LogP contribution in [0.4, 0.5) is 10.1 Å². The number of hydrogen-bond acceptors (Lipinski definition) is 3. The summed E-state index contributed by atoms with van der Waals surface area (Å²) < 4.78 is 18.7. The molecule has 1 heterocycles. The van der Waals surface area contributed by atoms with Crippen LogP contribution in [0.25, 0.3) is 0 Å². The standard InChI is InChI=1S/C16H16FNOS/c17-13-8-14(18)10-15(9-13)20-6-4-11-1-2-16-12(7-11)3-5-19-16/h1-2,7-10H,3-6,18H2. The molecule has 1 aliphatic rings. The monoisotopic (exact) mass is 289 g/mol. The van der Waals surface area contributed by atoms with Crippen molar-refractivity contribution in [3.8, 4) is 5.75 Å². The third-order valence-corrected chi connectivity index (χ3v) is 4.28. The fourth-order valence-electron chi connectivity index (χ4n) is 2.35. The van der Waals surface area contributed by atoms with Gasteiger partial charge in [0.1, 0.15) is 11.6 Å². The van der Waals surface area contributed by atoms with Crippen molar-refractivity contribution >= 4 is 17.4 Å².